The van der Waals surface area contributed by atoms with Crippen LogP contribution in [0.2, 0.25) is 0 Å². The lowest BCUT2D eigenvalue weighted by Crippen LogP contribution is -2.37. The number of phosphoric acid groups is 2. The number of hydrogen-bond acceptors (Lipinski definition) is 11. The fourth-order valence-corrected chi connectivity index (χ4v) is 4.60. The van der Waals surface area contributed by atoms with Crippen molar-refractivity contribution in [2.24, 2.45) is 0 Å². The predicted octanol–water partition coefficient (Wildman–Crippen LogP) is 0.254. The summed E-state index contributed by atoms with van der Waals surface area (Å²) in [4.78, 5) is 23.6. The predicted molar refractivity (Wildman–Crippen MR) is 88.3 cm³/mol. The average Bonchev–Trinajstić information content (AvgIpc) is 3.05. The molecule has 0 N–H and O–H groups in total. The summed E-state index contributed by atoms with van der Waals surface area (Å²) in [7, 11) is -7.79. The summed E-state index contributed by atoms with van der Waals surface area (Å²) in [5.74, 6) is 0. The van der Waals surface area contributed by atoms with E-state index in [9.17, 15) is 27.7 Å². The highest BCUT2D eigenvalue weighted by Crippen LogP contribution is 2.47. The highest BCUT2D eigenvalue weighted by Gasteiger charge is 2.48. The van der Waals surface area contributed by atoms with Crippen LogP contribution in [0.15, 0.2) is 0 Å². The van der Waals surface area contributed by atoms with Crippen LogP contribution >= 0.6 is 15.6 Å². The van der Waals surface area contributed by atoms with E-state index >= 15 is 0 Å². The second-order valence-electron chi connectivity index (χ2n) is 6.62. The van der Waals surface area contributed by atoms with Crippen LogP contribution in [0.4, 0.5) is 8.78 Å². The Bertz CT molecular complexity index is 641. The molecule has 29 heavy (non-hydrogen) atoms. The molecule has 172 valence electrons. The van der Waals surface area contributed by atoms with Crippen molar-refractivity contribution in [1.29, 1.82) is 0 Å². The van der Waals surface area contributed by atoms with E-state index in [1.54, 1.807) is 0 Å². The third-order valence-electron chi connectivity index (χ3n) is 4.49. The molecule has 0 bridgehead atoms. The standard InChI is InChI=1S/C14H26F2O11P2/c1-7-11(15)13(9(24-7)5-21-3)27-29(19,20)23-6-10-14(12(16)8(2)25-10)26-28(17,18)22-4/h7-14H,5-6H2,1-4H3,(H,17,18)(H,19,20)/p-2/t7-,8-,9+,10+,11?,12?,13-,14-/m0/s1. The monoisotopic (exact) mass is 468 g/mol. The van der Waals surface area contributed by atoms with Crippen LogP contribution in [0, 0.1) is 0 Å². The van der Waals surface area contributed by atoms with Crippen LogP contribution < -0.4 is 9.79 Å². The van der Waals surface area contributed by atoms with E-state index < -0.39 is 71.2 Å². The number of phosphoric ester groups is 2. The third-order valence-corrected chi connectivity index (χ3v) is 6.41. The van der Waals surface area contributed by atoms with E-state index in [1.807, 2.05) is 0 Å². The Hall–Kier alpha value is -0.0400. The highest BCUT2D eigenvalue weighted by molar-refractivity contribution is 7.46. The molecule has 0 aromatic heterocycles. The van der Waals surface area contributed by atoms with Crippen LogP contribution in [0.25, 0.3) is 0 Å². The van der Waals surface area contributed by atoms with Gasteiger partial charge in [0.1, 0.15) is 24.4 Å². The summed E-state index contributed by atoms with van der Waals surface area (Å²) in [6.45, 7) is 1.77. The quantitative estimate of drug-likeness (QED) is 0.407. The molecule has 0 saturated carbocycles. The summed E-state index contributed by atoms with van der Waals surface area (Å²) >= 11 is 0. The van der Waals surface area contributed by atoms with E-state index in [-0.39, 0.29) is 6.61 Å². The Kier molecular flexibility index (Phi) is 8.74. The van der Waals surface area contributed by atoms with Crippen molar-refractivity contribution in [2.75, 3.05) is 27.4 Å². The van der Waals surface area contributed by atoms with Gasteiger partial charge in [-0.05, 0) is 13.8 Å². The molecule has 0 aromatic carbocycles. The van der Waals surface area contributed by atoms with Crippen molar-refractivity contribution < 1.29 is 60.0 Å². The SMILES string of the molecule is COC[C@H]1O[C@@H](C)C(F)[C@H]1OP(=O)([O-])OC[C@H]1O[C@@H](C)C(F)[C@H]1OP(=O)([O-])OC. The highest BCUT2D eigenvalue weighted by atomic mass is 31.2. The van der Waals surface area contributed by atoms with Gasteiger partial charge in [0, 0.05) is 14.2 Å². The number of rotatable bonds is 10. The van der Waals surface area contributed by atoms with E-state index in [4.69, 9.17) is 18.7 Å². The molecular weight excluding hydrogens is 444 g/mol. The van der Waals surface area contributed by atoms with Crippen LogP contribution in [-0.4, -0.2) is 76.4 Å². The van der Waals surface area contributed by atoms with E-state index in [1.165, 1.54) is 21.0 Å². The minimum atomic E-state index is -5.11. The number of alkyl halides is 2. The van der Waals surface area contributed by atoms with Crippen molar-refractivity contribution in [3.8, 4) is 0 Å². The van der Waals surface area contributed by atoms with E-state index in [0.717, 1.165) is 7.11 Å². The van der Waals surface area contributed by atoms with Crippen LogP contribution in [-0.2, 0) is 41.4 Å². The first-order valence-electron chi connectivity index (χ1n) is 8.68. The average molecular weight is 468 g/mol. The van der Waals surface area contributed by atoms with Gasteiger partial charge in [-0.15, -0.1) is 0 Å². The maximum absolute atomic E-state index is 14.2. The molecule has 10 atom stereocenters. The largest absolute Gasteiger partial charge is 0.756 e. The van der Waals surface area contributed by atoms with Gasteiger partial charge in [0.05, 0.1) is 25.4 Å². The Labute approximate surface area is 166 Å². The first-order chi connectivity index (χ1) is 13.4. The normalized spacial score (nSPS) is 41.9. The molecular formula is C14H24F2O11P2-2. The summed E-state index contributed by atoms with van der Waals surface area (Å²) in [6.07, 6.45) is -11.3. The van der Waals surface area contributed by atoms with Gasteiger partial charge in [-0.3, -0.25) is 9.13 Å². The second kappa shape index (κ2) is 10.1. The Morgan fingerprint density at radius 1 is 0.862 bits per heavy atom. The second-order valence-corrected chi connectivity index (χ2v) is 9.45. The van der Waals surface area contributed by atoms with Gasteiger partial charge < -0.3 is 42.1 Å². The van der Waals surface area contributed by atoms with Crippen LogP contribution in [0.3, 0.4) is 0 Å². The molecule has 4 unspecified atom stereocenters. The lowest BCUT2D eigenvalue weighted by Gasteiger charge is -2.31. The van der Waals surface area contributed by atoms with Gasteiger partial charge in [-0.25, -0.2) is 8.78 Å². The molecule has 0 aliphatic carbocycles. The van der Waals surface area contributed by atoms with Crippen molar-refractivity contribution in [1.82, 2.24) is 0 Å². The Balaban J connectivity index is 2.00. The fraction of sp³-hybridized carbons (Fsp3) is 1.00. The molecule has 2 fully saturated rings. The van der Waals surface area contributed by atoms with E-state index in [2.05, 4.69) is 13.6 Å². The minimum absolute atomic E-state index is 0.117. The number of ether oxygens (including phenoxy) is 3. The summed E-state index contributed by atoms with van der Waals surface area (Å²) in [5, 5.41) is 0. The van der Waals surface area contributed by atoms with Gasteiger partial charge in [0.25, 0.3) is 15.6 Å². The number of methoxy groups -OCH3 is 1. The van der Waals surface area contributed by atoms with Crippen molar-refractivity contribution in [2.45, 2.75) is 62.8 Å². The van der Waals surface area contributed by atoms with E-state index in [0.29, 0.717) is 0 Å². The van der Waals surface area contributed by atoms with Gasteiger partial charge >= 0.3 is 0 Å². The first-order valence-corrected chi connectivity index (χ1v) is 11.6. The Morgan fingerprint density at radius 2 is 1.31 bits per heavy atom. The Morgan fingerprint density at radius 3 is 1.76 bits per heavy atom. The van der Waals surface area contributed by atoms with Gasteiger partial charge in [-0.1, -0.05) is 0 Å². The smallest absolute Gasteiger partial charge is 0.268 e. The maximum atomic E-state index is 14.2. The molecule has 2 heterocycles. The molecule has 0 spiro atoms. The van der Waals surface area contributed by atoms with Crippen LogP contribution in [0.5, 0.6) is 0 Å². The van der Waals surface area contributed by atoms with Crippen LogP contribution in [0.1, 0.15) is 13.8 Å². The summed E-state index contributed by atoms with van der Waals surface area (Å²) < 4.78 is 85.5. The molecule has 11 nitrogen and oxygen atoms in total. The molecule has 2 aliphatic heterocycles. The maximum Gasteiger partial charge on any atom is 0.268 e. The molecule has 2 saturated heterocycles. The fourth-order valence-electron chi connectivity index (χ4n) is 3.02. The molecule has 2 rings (SSSR count). The lowest BCUT2D eigenvalue weighted by atomic mass is 10.1. The minimum Gasteiger partial charge on any atom is -0.756 e. The zero-order valence-corrected chi connectivity index (χ0v) is 18.0. The molecule has 0 radical (unpaired) electrons. The van der Waals surface area contributed by atoms with Gasteiger partial charge in [0.2, 0.25) is 0 Å². The van der Waals surface area contributed by atoms with Gasteiger partial charge in [-0.2, -0.15) is 0 Å². The summed E-state index contributed by atoms with van der Waals surface area (Å²) in [5.41, 5.74) is 0. The third kappa shape index (κ3) is 6.47. The molecule has 2 aliphatic rings. The van der Waals surface area contributed by atoms with Gasteiger partial charge in [0.15, 0.2) is 12.3 Å². The summed E-state index contributed by atoms with van der Waals surface area (Å²) in [6, 6.07) is 0. The topological polar surface area (TPSA) is 145 Å². The molecule has 0 aromatic rings. The van der Waals surface area contributed by atoms with Crippen molar-refractivity contribution in [3.05, 3.63) is 0 Å². The zero-order chi connectivity index (χ0) is 22.0. The van der Waals surface area contributed by atoms with Crippen molar-refractivity contribution in [3.63, 3.8) is 0 Å². The lowest BCUT2D eigenvalue weighted by molar-refractivity contribution is -0.237. The number of halogens is 2. The molecule has 0 amide bonds. The zero-order valence-electron chi connectivity index (χ0n) is 16.2. The van der Waals surface area contributed by atoms with Crippen molar-refractivity contribution >= 4 is 15.6 Å². The molecule has 15 heteroatoms. The first kappa shape index (κ1) is 25.2. The number of hydrogen-bond donors (Lipinski definition) is 0.